The zero-order valence-electron chi connectivity index (χ0n) is 14.1. The predicted molar refractivity (Wildman–Crippen MR) is 101 cm³/mol. The van der Waals surface area contributed by atoms with Gasteiger partial charge in [-0.1, -0.05) is 35.9 Å². The lowest BCUT2D eigenvalue weighted by atomic mass is 9.84. The van der Waals surface area contributed by atoms with Crippen LogP contribution in [0.25, 0.3) is 11.0 Å². The summed E-state index contributed by atoms with van der Waals surface area (Å²) in [5, 5.41) is 11.7. The van der Waals surface area contributed by atoms with Crippen LogP contribution in [-0.4, -0.2) is 28.2 Å². The van der Waals surface area contributed by atoms with E-state index in [1.54, 1.807) is 0 Å². The molecular formula is C20H20ClN3O. The number of halogens is 1. The molecule has 1 fully saturated rings. The summed E-state index contributed by atoms with van der Waals surface area (Å²) in [4.78, 5) is 11.7. The lowest BCUT2D eigenvalue weighted by Crippen LogP contribution is -2.43. The second-order valence-corrected chi connectivity index (χ2v) is 7.08. The molecule has 2 heterocycles. The lowest BCUT2D eigenvalue weighted by molar-refractivity contribution is 0.0116. The van der Waals surface area contributed by atoms with Gasteiger partial charge in [0, 0.05) is 18.1 Å². The zero-order chi connectivity index (χ0) is 17.4. The topological polar surface area (TPSA) is 49.2 Å². The molecule has 5 heteroatoms. The van der Waals surface area contributed by atoms with Gasteiger partial charge in [-0.2, -0.15) is 0 Å². The molecule has 4 rings (SSSR count). The summed E-state index contributed by atoms with van der Waals surface area (Å²) in [5.41, 5.74) is 2.87. The molecular weight excluding hydrogens is 334 g/mol. The second-order valence-electron chi connectivity index (χ2n) is 6.65. The second kappa shape index (κ2) is 6.28. The number of hydrogen-bond acceptors (Lipinski definition) is 4. The van der Waals surface area contributed by atoms with Crippen LogP contribution in [0.5, 0.6) is 0 Å². The maximum absolute atomic E-state index is 11.0. The van der Waals surface area contributed by atoms with Crippen molar-refractivity contribution in [2.24, 2.45) is 0 Å². The number of nitrogens with zero attached hydrogens (tertiary/aromatic N) is 3. The van der Waals surface area contributed by atoms with E-state index in [0.717, 1.165) is 41.2 Å². The highest BCUT2D eigenvalue weighted by molar-refractivity contribution is 6.30. The van der Waals surface area contributed by atoms with Crippen LogP contribution in [0.1, 0.15) is 24.1 Å². The van der Waals surface area contributed by atoms with E-state index in [4.69, 9.17) is 16.6 Å². The standard InChI is InChI=1S/C20H20ClN3O/c1-14-19(23-18-5-3-2-4-17(18)22-14)24-12-10-20(25,11-13-24)15-6-8-16(21)9-7-15/h2-9,25H,10-13H2,1H3. The minimum Gasteiger partial charge on any atom is -0.385 e. The number of rotatable bonds is 2. The highest BCUT2D eigenvalue weighted by Gasteiger charge is 2.34. The fourth-order valence-electron chi connectivity index (χ4n) is 3.52. The molecule has 0 bridgehead atoms. The van der Waals surface area contributed by atoms with Crippen molar-refractivity contribution in [1.29, 1.82) is 0 Å². The van der Waals surface area contributed by atoms with Crippen LogP contribution in [0.15, 0.2) is 48.5 Å². The molecule has 0 atom stereocenters. The number of aryl methyl sites for hydroxylation is 1. The first-order valence-corrected chi connectivity index (χ1v) is 8.90. The smallest absolute Gasteiger partial charge is 0.150 e. The van der Waals surface area contributed by atoms with Gasteiger partial charge in [-0.05, 0) is 49.6 Å². The van der Waals surface area contributed by atoms with Crippen molar-refractivity contribution in [3.8, 4) is 0 Å². The molecule has 4 nitrogen and oxygen atoms in total. The minimum atomic E-state index is -0.806. The van der Waals surface area contributed by atoms with Crippen LogP contribution in [0.2, 0.25) is 5.02 Å². The average molecular weight is 354 g/mol. The Morgan fingerprint density at radius 2 is 1.56 bits per heavy atom. The Morgan fingerprint density at radius 1 is 0.960 bits per heavy atom. The molecule has 0 unspecified atom stereocenters. The van der Waals surface area contributed by atoms with E-state index in [1.165, 1.54) is 0 Å². The van der Waals surface area contributed by atoms with Crippen molar-refractivity contribution in [2.75, 3.05) is 18.0 Å². The molecule has 0 saturated carbocycles. The third-order valence-corrected chi connectivity index (χ3v) is 5.24. The van der Waals surface area contributed by atoms with E-state index >= 15 is 0 Å². The molecule has 0 amide bonds. The van der Waals surface area contributed by atoms with E-state index < -0.39 is 5.60 Å². The minimum absolute atomic E-state index is 0.655. The van der Waals surface area contributed by atoms with Crippen LogP contribution >= 0.6 is 11.6 Å². The summed E-state index contributed by atoms with van der Waals surface area (Å²) in [6.07, 6.45) is 1.31. The third kappa shape index (κ3) is 3.08. The monoisotopic (exact) mass is 353 g/mol. The van der Waals surface area contributed by atoms with E-state index in [-0.39, 0.29) is 0 Å². The molecule has 128 valence electrons. The van der Waals surface area contributed by atoms with Crippen molar-refractivity contribution in [2.45, 2.75) is 25.4 Å². The van der Waals surface area contributed by atoms with Gasteiger partial charge in [-0.15, -0.1) is 0 Å². The zero-order valence-corrected chi connectivity index (χ0v) is 14.9. The maximum Gasteiger partial charge on any atom is 0.150 e. The Kier molecular flexibility index (Phi) is 4.10. The first kappa shape index (κ1) is 16.3. The van der Waals surface area contributed by atoms with E-state index in [9.17, 15) is 5.11 Å². The van der Waals surface area contributed by atoms with Gasteiger partial charge in [0.05, 0.1) is 22.3 Å². The number of aromatic nitrogens is 2. The molecule has 1 aromatic heterocycles. The van der Waals surface area contributed by atoms with Crippen LogP contribution in [0.3, 0.4) is 0 Å². The largest absolute Gasteiger partial charge is 0.385 e. The van der Waals surface area contributed by atoms with Gasteiger partial charge in [0.1, 0.15) is 0 Å². The van der Waals surface area contributed by atoms with Crippen molar-refractivity contribution >= 4 is 28.5 Å². The fraction of sp³-hybridized carbons (Fsp3) is 0.300. The fourth-order valence-corrected chi connectivity index (χ4v) is 3.64. The van der Waals surface area contributed by atoms with Gasteiger partial charge in [-0.25, -0.2) is 9.97 Å². The van der Waals surface area contributed by atoms with Crippen LogP contribution in [0.4, 0.5) is 5.82 Å². The first-order valence-electron chi connectivity index (χ1n) is 8.52. The maximum atomic E-state index is 11.0. The number of fused-ring (bicyclic) bond motifs is 1. The summed E-state index contributed by atoms with van der Waals surface area (Å²) in [6, 6.07) is 15.4. The Morgan fingerprint density at radius 3 is 2.20 bits per heavy atom. The quantitative estimate of drug-likeness (QED) is 0.754. The number of hydrogen-bond donors (Lipinski definition) is 1. The number of anilines is 1. The van der Waals surface area contributed by atoms with Crippen molar-refractivity contribution < 1.29 is 5.11 Å². The lowest BCUT2D eigenvalue weighted by Gasteiger charge is -2.39. The molecule has 0 radical (unpaired) electrons. The normalized spacial score (nSPS) is 17.0. The van der Waals surface area contributed by atoms with E-state index in [1.807, 2.05) is 55.5 Å². The SMILES string of the molecule is Cc1nc2ccccc2nc1N1CCC(O)(c2ccc(Cl)cc2)CC1. The molecule has 3 aromatic rings. The molecule has 0 spiro atoms. The Hall–Kier alpha value is -2.17. The van der Waals surface area contributed by atoms with E-state index in [0.29, 0.717) is 17.9 Å². The number of piperidine rings is 1. The molecule has 0 aliphatic carbocycles. The summed E-state index contributed by atoms with van der Waals surface area (Å²) in [7, 11) is 0. The van der Waals surface area contributed by atoms with Crippen molar-refractivity contribution in [3.63, 3.8) is 0 Å². The number of para-hydroxylation sites is 2. The van der Waals surface area contributed by atoms with Gasteiger partial charge >= 0.3 is 0 Å². The van der Waals surface area contributed by atoms with E-state index in [2.05, 4.69) is 9.88 Å². The summed E-state index contributed by atoms with van der Waals surface area (Å²) < 4.78 is 0. The molecule has 1 aliphatic rings. The van der Waals surface area contributed by atoms with Crippen molar-refractivity contribution in [3.05, 3.63) is 64.8 Å². The Balaban J connectivity index is 1.57. The van der Waals surface area contributed by atoms with Gasteiger partial charge < -0.3 is 10.0 Å². The molecule has 1 saturated heterocycles. The van der Waals surface area contributed by atoms with Crippen LogP contribution in [0, 0.1) is 6.92 Å². The summed E-state index contributed by atoms with van der Waals surface area (Å²) in [5.74, 6) is 0.914. The molecule has 1 aliphatic heterocycles. The summed E-state index contributed by atoms with van der Waals surface area (Å²) in [6.45, 7) is 3.48. The Labute approximate surface area is 152 Å². The predicted octanol–water partition coefficient (Wildman–Crippen LogP) is 4.08. The Bertz CT molecular complexity index is 902. The van der Waals surface area contributed by atoms with Gasteiger partial charge in [0.15, 0.2) is 5.82 Å². The first-order chi connectivity index (χ1) is 12.0. The summed E-state index contributed by atoms with van der Waals surface area (Å²) >= 11 is 5.96. The molecule has 2 aromatic carbocycles. The van der Waals surface area contributed by atoms with Gasteiger partial charge in [0.25, 0.3) is 0 Å². The van der Waals surface area contributed by atoms with Crippen LogP contribution < -0.4 is 4.90 Å². The number of aliphatic hydroxyl groups is 1. The third-order valence-electron chi connectivity index (χ3n) is 4.99. The molecule has 1 N–H and O–H groups in total. The highest BCUT2D eigenvalue weighted by Crippen LogP contribution is 2.35. The average Bonchev–Trinajstić information content (AvgIpc) is 2.62. The highest BCUT2D eigenvalue weighted by atomic mass is 35.5. The number of benzene rings is 2. The molecule has 25 heavy (non-hydrogen) atoms. The van der Waals surface area contributed by atoms with Crippen LogP contribution in [-0.2, 0) is 5.60 Å². The van der Waals surface area contributed by atoms with Gasteiger partial charge in [-0.3, -0.25) is 0 Å². The van der Waals surface area contributed by atoms with Gasteiger partial charge in [0.2, 0.25) is 0 Å². The van der Waals surface area contributed by atoms with Crippen molar-refractivity contribution in [1.82, 2.24) is 9.97 Å².